The molecule has 0 radical (unpaired) electrons. The van der Waals surface area contributed by atoms with Gasteiger partial charge in [0.2, 0.25) is 0 Å². The summed E-state index contributed by atoms with van der Waals surface area (Å²) >= 11 is 0. The molecule has 0 heterocycles. The van der Waals surface area contributed by atoms with Crippen LogP contribution in [0.15, 0.2) is 24.3 Å². The monoisotopic (exact) mass is 228 g/mol. The van der Waals surface area contributed by atoms with Crippen molar-refractivity contribution in [1.29, 1.82) is 0 Å². The first-order valence-corrected chi connectivity index (χ1v) is 6.02. The zero-order chi connectivity index (χ0) is 11.1. The second kappa shape index (κ2) is 9.09. The fourth-order valence-corrected chi connectivity index (χ4v) is 1.90. The van der Waals surface area contributed by atoms with Crippen molar-refractivity contribution in [2.75, 3.05) is 0 Å². The molecule has 1 nitrogen and oxygen atoms in total. The van der Waals surface area contributed by atoms with Crippen LogP contribution >= 0.6 is 0 Å². The predicted octanol–water partition coefficient (Wildman–Crippen LogP) is 0.523. The first kappa shape index (κ1) is 16.0. The van der Waals surface area contributed by atoms with E-state index in [0.29, 0.717) is 0 Å². The zero-order valence-electron chi connectivity index (χ0n) is 10.8. The largest absolute Gasteiger partial charge is 1.00 e. The Bertz CT molecular complexity index is 269. The van der Waals surface area contributed by atoms with Gasteiger partial charge in [0.05, 0.1) is 0 Å². The van der Waals surface area contributed by atoms with E-state index in [4.69, 9.17) is 0 Å². The van der Waals surface area contributed by atoms with Crippen molar-refractivity contribution < 1.29 is 34.7 Å². The average Bonchev–Trinajstić information content (AvgIpc) is 2.27. The number of hydrogen-bond donors (Lipinski definition) is 0. The molecule has 1 aromatic carbocycles. The third-order valence-corrected chi connectivity index (χ3v) is 2.99. The Kier molecular flexibility index (Phi) is 9.10. The maximum absolute atomic E-state index is 10.9. The third-order valence-electron chi connectivity index (χ3n) is 2.99. The summed E-state index contributed by atoms with van der Waals surface area (Å²) in [5.41, 5.74) is 1.30. The van der Waals surface area contributed by atoms with Gasteiger partial charge in [-0.3, -0.25) is 0 Å². The number of unbranched alkanes of at least 4 members (excludes halogenated alkanes) is 1. The van der Waals surface area contributed by atoms with Gasteiger partial charge in [0, 0.05) is 0 Å². The number of rotatable bonds is 6. The molecule has 84 valence electrons. The topological polar surface area (TPSA) is 23.1 Å². The van der Waals surface area contributed by atoms with Crippen LogP contribution in [0.1, 0.15) is 45.1 Å². The van der Waals surface area contributed by atoms with Gasteiger partial charge in [0.1, 0.15) is 0 Å². The Morgan fingerprint density at radius 1 is 1.12 bits per heavy atom. The predicted molar refractivity (Wildman–Crippen MR) is 62.9 cm³/mol. The summed E-state index contributed by atoms with van der Waals surface area (Å²) in [6.45, 7) is 4.49. The molecule has 2 heteroatoms. The normalized spacial score (nSPS) is 11.9. The van der Waals surface area contributed by atoms with Crippen LogP contribution in [0.4, 0.5) is 0 Å². The van der Waals surface area contributed by atoms with Gasteiger partial charge in [-0.15, -0.1) is 5.75 Å². The SMILES string of the molecule is CCCCC(CC)Cc1ccc([O-])cc1.[Na+]. The Hall–Kier alpha value is 0.0200. The minimum atomic E-state index is 0. The van der Waals surface area contributed by atoms with Crippen LogP contribution in [0.2, 0.25) is 0 Å². The molecule has 0 aliphatic rings. The molecule has 0 N–H and O–H groups in total. The van der Waals surface area contributed by atoms with E-state index in [2.05, 4.69) is 13.8 Å². The standard InChI is InChI=1S/C14H22O.Na/c1-3-5-6-12(4-2)11-13-7-9-14(15)10-8-13;/h7-10,12,15H,3-6,11H2,1-2H3;/q;+1/p-1. The molecule has 0 amide bonds. The molecule has 0 aromatic heterocycles. The third kappa shape index (κ3) is 5.93. The van der Waals surface area contributed by atoms with Crippen LogP contribution in [0.3, 0.4) is 0 Å². The molecule has 0 bridgehead atoms. The van der Waals surface area contributed by atoms with E-state index >= 15 is 0 Å². The maximum atomic E-state index is 10.9. The van der Waals surface area contributed by atoms with Gasteiger partial charge in [-0.25, -0.2) is 0 Å². The molecule has 1 rings (SSSR count). The fourth-order valence-electron chi connectivity index (χ4n) is 1.90. The molecule has 16 heavy (non-hydrogen) atoms. The van der Waals surface area contributed by atoms with Crippen molar-refractivity contribution in [2.24, 2.45) is 5.92 Å². The average molecular weight is 228 g/mol. The van der Waals surface area contributed by atoms with E-state index in [-0.39, 0.29) is 35.3 Å². The van der Waals surface area contributed by atoms with Crippen molar-refractivity contribution in [2.45, 2.75) is 46.0 Å². The zero-order valence-corrected chi connectivity index (χ0v) is 12.8. The van der Waals surface area contributed by atoms with Gasteiger partial charge < -0.3 is 5.11 Å². The van der Waals surface area contributed by atoms with Crippen molar-refractivity contribution in [3.8, 4) is 5.75 Å². The van der Waals surface area contributed by atoms with Crippen molar-refractivity contribution in [1.82, 2.24) is 0 Å². The van der Waals surface area contributed by atoms with Crippen LogP contribution in [-0.2, 0) is 6.42 Å². The van der Waals surface area contributed by atoms with Crippen LogP contribution in [-0.4, -0.2) is 0 Å². The minimum absolute atomic E-state index is 0. The van der Waals surface area contributed by atoms with Crippen molar-refractivity contribution in [3.05, 3.63) is 29.8 Å². The first-order chi connectivity index (χ1) is 7.26. The minimum Gasteiger partial charge on any atom is -0.872 e. The number of benzene rings is 1. The summed E-state index contributed by atoms with van der Waals surface area (Å²) in [5.74, 6) is 0.891. The van der Waals surface area contributed by atoms with E-state index < -0.39 is 0 Å². The van der Waals surface area contributed by atoms with E-state index in [1.165, 1.54) is 31.2 Å². The molecular formula is C14H21NaO. The molecular weight excluding hydrogens is 207 g/mol. The summed E-state index contributed by atoms with van der Waals surface area (Å²) in [7, 11) is 0. The van der Waals surface area contributed by atoms with Crippen LogP contribution in [0.5, 0.6) is 5.75 Å². The van der Waals surface area contributed by atoms with E-state index in [1.807, 2.05) is 12.1 Å². The van der Waals surface area contributed by atoms with Gasteiger partial charge in [-0.05, 0) is 17.9 Å². The van der Waals surface area contributed by atoms with E-state index in [1.54, 1.807) is 12.1 Å². The van der Waals surface area contributed by atoms with Crippen LogP contribution < -0.4 is 34.7 Å². The fraction of sp³-hybridized carbons (Fsp3) is 0.571. The van der Waals surface area contributed by atoms with Crippen molar-refractivity contribution >= 4 is 0 Å². The van der Waals surface area contributed by atoms with Gasteiger partial charge in [-0.1, -0.05) is 63.8 Å². The smallest absolute Gasteiger partial charge is 0.872 e. The van der Waals surface area contributed by atoms with Crippen LogP contribution in [0.25, 0.3) is 0 Å². The molecule has 1 unspecified atom stereocenters. The van der Waals surface area contributed by atoms with Crippen LogP contribution in [0, 0.1) is 5.92 Å². The molecule has 1 atom stereocenters. The molecule has 0 spiro atoms. The van der Waals surface area contributed by atoms with Crippen molar-refractivity contribution in [3.63, 3.8) is 0 Å². The number of hydrogen-bond acceptors (Lipinski definition) is 1. The molecule has 1 aromatic rings. The Labute approximate surface area is 122 Å². The quantitative estimate of drug-likeness (QED) is 0.651. The summed E-state index contributed by atoms with van der Waals surface area (Å²) in [4.78, 5) is 0. The second-order valence-corrected chi connectivity index (χ2v) is 4.26. The second-order valence-electron chi connectivity index (χ2n) is 4.26. The molecule has 0 fully saturated rings. The molecule has 0 saturated carbocycles. The Morgan fingerprint density at radius 2 is 1.75 bits per heavy atom. The van der Waals surface area contributed by atoms with Gasteiger partial charge in [-0.2, -0.15) is 0 Å². The molecule has 0 saturated heterocycles. The summed E-state index contributed by atoms with van der Waals surface area (Å²) in [6.07, 6.45) is 6.26. The van der Waals surface area contributed by atoms with E-state index in [9.17, 15) is 5.11 Å². The summed E-state index contributed by atoms with van der Waals surface area (Å²) in [5, 5.41) is 10.9. The first-order valence-electron chi connectivity index (χ1n) is 6.02. The van der Waals surface area contributed by atoms with Gasteiger partial charge >= 0.3 is 29.6 Å². The maximum Gasteiger partial charge on any atom is 1.00 e. The molecule has 0 aliphatic carbocycles. The summed E-state index contributed by atoms with van der Waals surface area (Å²) < 4.78 is 0. The Balaban J connectivity index is 0.00000225. The van der Waals surface area contributed by atoms with Gasteiger partial charge in [0.25, 0.3) is 0 Å². The van der Waals surface area contributed by atoms with Gasteiger partial charge in [0.15, 0.2) is 0 Å². The Morgan fingerprint density at radius 3 is 2.25 bits per heavy atom. The van der Waals surface area contributed by atoms with E-state index in [0.717, 1.165) is 12.3 Å². The summed E-state index contributed by atoms with van der Waals surface area (Å²) in [6, 6.07) is 7.28. The molecule has 0 aliphatic heterocycles.